The topological polar surface area (TPSA) is 54.3 Å². The van der Waals surface area contributed by atoms with Gasteiger partial charge in [-0.1, -0.05) is 23.7 Å². The number of furan rings is 1. The average Bonchev–Trinajstić information content (AvgIpc) is 2.89. The van der Waals surface area contributed by atoms with Crippen LogP contribution in [0.15, 0.2) is 47.1 Å². The molecular weight excluding hydrogens is 264 g/mol. The van der Waals surface area contributed by atoms with Gasteiger partial charge in [-0.25, -0.2) is 4.79 Å². The van der Waals surface area contributed by atoms with Crippen LogP contribution in [0.5, 0.6) is 0 Å². The molecule has 0 saturated carbocycles. The summed E-state index contributed by atoms with van der Waals surface area (Å²) in [5, 5.41) is 6.21. The van der Waals surface area contributed by atoms with E-state index < -0.39 is 0 Å². The summed E-state index contributed by atoms with van der Waals surface area (Å²) < 4.78 is 5.13. The highest BCUT2D eigenvalue weighted by Crippen LogP contribution is 2.17. The molecule has 2 N–H and O–H groups in total. The van der Waals surface area contributed by atoms with Gasteiger partial charge in [0.1, 0.15) is 5.76 Å². The van der Waals surface area contributed by atoms with Crippen LogP contribution in [0, 0.1) is 0 Å². The van der Waals surface area contributed by atoms with Crippen LogP contribution in [0.2, 0.25) is 5.02 Å². The van der Waals surface area contributed by atoms with Crippen molar-refractivity contribution in [3.05, 3.63) is 59.0 Å². The Morgan fingerprint density at radius 3 is 2.89 bits per heavy atom. The third-order valence-corrected chi connectivity index (χ3v) is 2.93. The first kappa shape index (κ1) is 13.5. The van der Waals surface area contributed by atoms with E-state index in [1.165, 1.54) is 0 Å². The fraction of sp³-hybridized carbons (Fsp3) is 0.214. The SMILES string of the molecule is CC(NC(=O)NCc1ccco1)c1cccc(Cl)c1. The van der Waals surface area contributed by atoms with Crippen LogP contribution in [-0.2, 0) is 6.54 Å². The van der Waals surface area contributed by atoms with Crippen molar-refractivity contribution in [3.8, 4) is 0 Å². The van der Waals surface area contributed by atoms with E-state index in [2.05, 4.69) is 10.6 Å². The molecule has 0 aliphatic heterocycles. The van der Waals surface area contributed by atoms with Crippen molar-refractivity contribution >= 4 is 17.6 Å². The first-order valence-corrected chi connectivity index (χ1v) is 6.35. The number of carbonyl (C=O) groups is 1. The second kappa shape index (κ2) is 6.29. The van der Waals surface area contributed by atoms with Crippen molar-refractivity contribution in [1.29, 1.82) is 0 Å². The average molecular weight is 279 g/mol. The van der Waals surface area contributed by atoms with Gasteiger partial charge >= 0.3 is 6.03 Å². The van der Waals surface area contributed by atoms with E-state index in [1.54, 1.807) is 24.5 Å². The Labute approximate surface area is 116 Å². The molecule has 19 heavy (non-hydrogen) atoms. The van der Waals surface area contributed by atoms with E-state index in [9.17, 15) is 4.79 Å². The predicted molar refractivity (Wildman–Crippen MR) is 73.9 cm³/mol. The molecule has 2 amide bonds. The van der Waals surface area contributed by atoms with Crippen LogP contribution >= 0.6 is 11.6 Å². The third kappa shape index (κ3) is 4.03. The molecule has 5 heteroatoms. The summed E-state index contributed by atoms with van der Waals surface area (Å²) in [4.78, 5) is 11.7. The maximum atomic E-state index is 11.7. The Kier molecular flexibility index (Phi) is 4.47. The summed E-state index contributed by atoms with van der Waals surface area (Å²) in [6, 6.07) is 10.6. The molecular formula is C14H15ClN2O2. The van der Waals surface area contributed by atoms with Gasteiger partial charge in [0.05, 0.1) is 18.8 Å². The fourth-order valence-corrected chi connectivity index (χ4v) is 1.89. The standard InChI is InChI=1S/C14H15ClN2O2/c1-10(11-4-2-5-12(15)8-11)17-14(18)16-9-13-6-3-7-19-13/h2-8,10H,9H2,1H3,(H2,16,17,18). The highest BCUT2D eigenvalue weighted by Gasteiger charge is 2.09. The van der Waals surface area contributed by atoms with E-state index in [0.29, 0.717) is 17.3 Å². The molecule has 0 aliphatic carbocycles. The quantitative estimate of drug-likeness (QED) is 0.899. The minimum atomic E-state index is -0.246. The number of carbonyl (C=O) groups excluding carboxylic acids is 1. The Balaban J connectivity index is 1.84. The highest BCUT2D eigenvalue weighted by molar-refractivity contribution is 6.30. The molecule has 4 nitrogen and oxygen atoms in total. The Morgan fingerprint density at radius 1 is 1.37 bits per heavy atom. The van der Waals surface area contributed by atoms with Crippen LogP contribution in [0.3, 0.4) is 0 Å². The van der Waals surface area contributed by atoms with Crippen LogP contribution < -0.4 is 10.6 Å². The van der Waals surface area contributed by atoms with Crippen molar-refractivity contribution in [1.82, 2.24) is 10.6 Å². The molecule has 0 fully saturated rings. The predicted octanol–water partition coefficient (Wildman–Crippen LogP) is 3.49. The number of benzene rings is 1. The van der Waals surface area contributed by atoms with E-state index in [-0.39, 0.29) is 12.1 Å². The third-order valence-electron chi connectivity index (χ3n) is 2.70. The smallest absolute Gasteiger partial charge is 0.315 e. The van der Waals surface area contributed by atoms with Gasteiger partial charge < -0.3 is 15.1 Å². The normalized spacial score (nSPS) is 11.9. The van der Waals surface area contributed by atoms with Crippen molar-refractivity contribution < 1.29 is 9.21 Å². The molecule has 2 rings (SSSR count). The fourth-order valence-electron chi connectivity index (χ4n) is 1.69. The van der Waals surface area contributed by atoms with Crippen molar-refractivity contribution in [2.75, 3.05) is 0 Å². The Morgan fingerprint density at radius 2 is 2.21 bits per heavy atom. The lowest BCUT2D eigenvalue weighted by molar-refractivity contribution is 0.236. The van der Waals surface area contributed by atoms with Crippen LogP contribution in [0.25, 0.3) is 0 Å². The van der Waals surface area contributed by atoms with Crippen LogP contribution in [-0.4, -0.2) is 6.03 Å². The number of nitrogens with one attached hydrogen (secondary N) is 2. The van der Waals surface area contributed by atoms with E-state index in [4.69, 9.17) is 16.0 Å². The molecule has 100 valence electrons. The second-order valence-electron chi connectivity index (χ2n) is 4.18. The molecule has 1 heterocycles. The molecule has 0 aliphatic rings. The molecule has 1 atom stereocenters. The van der Waals surface area contributed by atoms with E-state index >= 15 is 0 Å². The van der Waals surface area contributed by atoms with Crippen molar-refractivity contribution in [2.24, 2.45) is 0 Å². The first-order valence-electron chi connectivity index (χ1n) is 5.97. The van der Waals surface area contributed by atoms with Gasteiger partial charge in [0, 0.05) is 5.02 Å². The van der Waals surface area contributed by atoms with Gasteiger partial charge in [-0.15, -0.1) is 0 Å². The Bertz CT molecular complexity index is 540. The lowest BCUT2D eigenvalue weighted by Gasteiger charge is -2.15. The highest BCUT2D eigenvalue weighted by atomic mass is 35.5. The summed E-state index contributed by atoms with van der Waals surface area (Å²) in [7, 11) is 0. The van der Waals surface area contributed by atoms with Gasteiger partial charge in [0.2, 0.25) is 0 Å². The number of rotatable bonds is 4. The Hall–Kier alpha value is -1.94. The van der Waals surface area contributed by atoms with Gasteiger partial charge in [0.15, 0.2) is 0 Å². The molecule has 1 aromatic heterocycles. The lowest BCUT2D eigenvalue weighted by atomic mass is 10.1. The first-order chi connectivity index (χ1) is 9.15. The number of hydrogen-bond acceptors (Lipinski definition) is 2. The maximum absolute atomic E-state index is 11.7. The summed E-state index contributed by atoms with van der Waals surface area (Å²) in [6.07, 6.45) is 1.57. The minimum absolute atomic E-state index is 0.115. The summed E-state index contributed by atoms with van der Waals surface area (Å²) >= 11 is 5.91. The number of urea groups is 1. The van der Waals surface area contributed by atoms with Crippen molar-refractivity contribution in [3.63, 3.8) is 0 Å². The monoisotopic (exact) mass is 278 g/mol. The van der Waals surface area contributed by atoms with Crippen molar-refractivity contribution in [2.45, 2.75) is 19.5 Å². The number of amides is 2. The largest absolute Gasteiger partial charge is 0.467 e. The zero-order valence-corrected chi connectivity index (χ0v) is 11.3. The van der Waals surface area contributed by atoms with Gasteiger partial charge in [0.25, 0.3) is 0 Å². The van der Waals surface area contributed by atoms with Gasteiger partial charge in [-0.05, 0) is 36.8 Å². The zero-order chi connectivity index (χ0) is 13.7. The molecule has 0 radical (unpaired) electrons. The van der Waals surface area contributed by atoms with Gasteiger partial charge in [-0.2, -0.15) is 0 Å². The lowest BCUT2D eigenvalue weighted by Crippen LogP contribution is -2.36. The second-order valence-corrected chi connectivity index (χ2v) is 4.62. The van der Waals surface area contributed by atoms with E-state index in [0.717, 1.165) is 5.56 Å². The molecule has 1 unspecified atom stereocenters. The molecule has 0 bridgehead atoms. The molecule has 1 aromatic carbocycles. The summed E-state index contributed by atoms with van der Waals surface area (Å²) in [5.74, 6) is 0.713. The summed E-state index contributed by atoms with van der Waals surface area (Å²) in [5.41, 5.74) is 0.959. The van der Waals surface area contributed by atoms with E-state index in [1.807, 2.05) is 25.1 Å². The van der Waals surface area contributed by atoms with Gasteiger partial charge in [-0.3, -0.25) is 0 Å². The zero-order valence-electron chi connectivity index (χ0n) is 10.5. The molecule has 2 aromatic rings. The molecule has 0 saturated heterocycles. The number of halogens is 1. The van der Waals surface area contributed by atoms with Crippen LogP contribution in [0.1, 0.15) is 24.3 Å². The van der Waals surface area contributed by atoms with Crippen LogP contribution in [0.4, 0.5) is 4.79 Å². The minimum Gasteiger partial charge on any atom is -0.467 e. The maximum Gasteiger partial charge on any atom is 0.315 e. The molecule has 0 spiro atoms. The number of hydrogen-bond donors (Lipinski definition) is 2. The summed E-state index contributed by atoms with van der Waals surface area (Å²) in [6.45, 7) is 2.26.